The summed E-state index contributed by atoms with van der Waals surface area (Å²) in [5.41, 5.74) is 2.47. The SMILES string of the molecule is C=C1NC[C@H](O)COc2ncc(F)cc2CN2c3nc4c1cnn4cc3OC[C@H]2C. The van der Waals surface area contributed by atoms with Crippen LogP contribution < -0.4 is 19.7 Å². The summed E-state index contributed by atoms with van der Waals surface area (Å²) < 4.78 is 27.2. The first-order chi connectivity index (χ1) is 14.5. The molecule has 2 atom stereocenters. The van der Waals surface area contributed by atoms with Crippen LogP contribution in [0.1, 0.15) is 18.1 Å². The number of β-amino-alcohol motifs (C(OH)–C–C–N with tert-alkyl or cyclic N) is 1. The van der Waals surface area contributed by atoms with Gasteiger partial charge in [0.05, 0.1) is 36.7 Å². The van der Waals surface area contributed by atoms with Gasteiger partial charge in [0.2, 0.25) is 5.88 Å². The second-order valence-electron chi connectivity index (χ2n) is 7.49. The van der Waals surface area contributed by atoms with Crippen molar-refractivity contribution >= 4 is 17.2 Å². The van der Waals surface area contributed by atoms with E-state index in [2.05, 4.69) is 22.0 Å². The third kappa shape index (κ3) is 3.18. The number of hydrogen-bond donors (Lipinski definition) is 2. The first-order valence-corrected chi connectivity index (χ1v) is 9.66. The van der Waals surface area contributed by atoms with Gasteiger partial charge in [-0.15, -0.1) is 0 Å². The van der Waals surface area contributed by atoms with Crippen LogP contribution in [0.25, 0.3) is 11.3 Å². The highest BCUT2D eigenvalue weighted by atomic mass is 19.1. The number of hydrogen-bond acceptors (Lipinski definition) is 8. The Balaban J connectivity index is 1.67. The third-order valence-electron chi connectivity index (χ3n) is 5.25. The summed E-state index contributed by atoms with van der Waals surface area (Å²) in [7, 11) is 0. The molecule has 5 heterocycles. The van der Waals surface area contributed by atoms with E-state index in [-0.39, 0.29) is 25.1 Å². The lowest BCUT2D eigenvalue weighted by molar-refractivity contribution is 0.106. The fourth-order valence-corrected chi connectivity index (χ4v) is 3.61. The number of pyridine rings is 1. The van der Waals surface area contributed by atoms with Crippen LogP contribution in [0.3, 0.4) is 0 Å². The Morgan fingerprint density at radius 2 is 2.17 bits per heavy atom. The molecule has 0 saturated carbocycles. The van der Waals surface area contributed by atoms with Crippen LogP contribution >= 0.6 is 0 Å². The second kappa shape index (κ2) is 7.13. The molecular formula is C20H21FN6O3. The highest BCUT2D eigenvalue weighted by Crippen LogP contribution is 2.35. The topological polar surface area (TPSA) is 97.0 Å². The largest absolute Gasteiger partial charge is 0.486 e. The Morgan fingerprint density at radius 1 is 1.30 bits per heavy atom. The average molecular weight is 412 g/mol. The smallest absolute Gasteiger partial charge is 0.218 e. The Hall–Kier alpha value is -3.40. The summed E-state index contributed by atoms with van der Waals surface area (Å²) in [6.07, 6.45) is 3.73. The van der Waals surface area contributed by atoms with Gasteiger partial charge in [-0.3, -0.25) is 0 Å². The van der Waals surface area contributed by atoms with Gasteiger partial charge in [0, 0.05) is 17.8 Å². The molecule has 0 radical (unpaired) electrons. The number of fused-ring (bicyclic) bond motifs is 1. The van der Waals surface area contributed by atoms with Crippen molar-refractivity contribution in [3.8, 4) is 11.6 Å². The zero-order valence-corrected chi connectivity index (χ0v) is 16.4. The van der Waals surface area contributed by atoms with Crippen molar-refractivity contribution in [3.63, 3.8) is 0 Å². The van der Waals surface area contributed by atoms with Crippen LogP contribution in [0.5, 0.6) is 11.6 Å². The van der Waals surface area contributed by atoms with Crippen molar-refractivity contribution in [3.05, 3.63) is 48.2 Å². The van der Waals surface area contributed by atoms with E-state index in [0.717, 1.165) is 6.20 Å². The Bertz CT molecular complexity index is 1130. The van der Waals surface area contributed by atoms with E-state index in [1.54, 1.807) is 16.9 Å². The average Bonchev–Trinajstić information content (AvgIpc) is 3.14. The van der Waals surface area contributed by atoms with Gasteiger partial charge in [-0.05, 0) is 13.0 Å². The van der Waals surface area contributed by atoms with E-state index in [0.29, 0.717) is 47.2 Å². The first kappa shape index (κ1) is 18.6. The minimum Gasteiger partial charge on any atom is -0.486 e. The molecule has 0 aliphatic carbocycles. The molecule has 5 rings (SSSR count). The quantitative estimate of drug-likeness (QED) is 0.572. The molecule has 0 fully saturated rings. The Morgan fingerprint density at radius 3 is 3.03 bits per heavy atom. The molecule has 0 saturated heterocycles. The molecule has 0 spiro atoms. The Kier molecular flexibility index (Phi) is 4.43. The summed E-state index contributed by atoms with van der Waals surface area (Å²) in [6.45, 7) is 7.04. The van der Waals surface area contributed by atoms with Crippen LogP contribution in [0.2, 0.25) is 0 Å². The number of rotatable bonds is 0. The molecule has 30 heavy (non-hydrogen) atoms. The summed E-state index contributed by atoms with van der Waals surface area (Å²) in [5, 5.41) is 17.7. The van der Waals surface area contributed by atoms with Gasteiger partial charge in [0.25, 0.3) is 0 Å². The molecule has 0 unspecified atom stereocenters. The maximum absolute atomic E-state index is 14.0. The number of nitrogens with one attached hydrogen (secondary N) is 1. The predicted octanol–water partition coefficient (Wildman–Crippen LogP) is 1.36. The van der Waals surface area contributed by atoms with Gasteiger partial charge in [0.1, 0.15) is 25.1 Å². The van der Waals surface area contributed by atoms with Gasteiger partial charge < -0.3 is 24.8 Å². The van der Waals surface area contributed by atoms with Crippen LogP contribution in [-0.4, -0.2) is 56.6 Å². The minimum absolute atomic E-state index is 0.00277. The number of nitrogens with zero attached hydrogens (tertiary/aromatic N) is 5. The number of aliphatic hydroxyl groups excluding tert-OH is 1. The zero-order valence-electron chi connectivity index (χ0n) is 16.4. The van der Waals surface area contributed by atoms with Crippen LogP contribution in [0, 0.1) is 5.82 Å². The van der Waals surface area contributed by atoms with Crippen LogP contribution in [-0.2, 0) is 6.54 Å². The molecule has 2 N–H and O–H groups in total. The third-order valence-corrected chi connectivity index (χ3v) is 5.25. The number of halogens is 1. The van der Waals surface area contributed by atoms with Gasteiger partial charge in [0.15, 0.2) is 17.2 Å². The monoisotopic (exact) mass is 412 g/mol. The van der Waals surface area contributed by atoms with E-state index in [1.807, 2.05) is 11.8 Å². The molecule has 9 nitrogen and oxygen atoms in total. The molecule has 2 aliphatic rings. The standard InChI is InChI=1S/C20H21FN6O3/c1-11-9-29-17-8-27-18-16(6-24-27)12(2)22-5-15(28)10-30-20-13(3-14(21)4-23-20)7-26(11)19(17)25-18/h3-4,6,8,11,15,22,28H,2,5,7,9-10H2,1H3/t11-,15+/m1/s1. The normalized spacial score (nSPS) is 21.4. The predicted molar refractivity (Wildman–Crippen MR) is 107 cm³/mol. The van der Waals surface area contributed by atoms with Gasteiger partial charge in [-0.25, -0.2) is 18.9 Å². The summed E-state index contributed by atoms with van der Waals surface area (Å²) >= 11 is 0. The molecule has 2 aliphatic heterocycles. The first-order valence-electron chi connectivity index (χ1n) is 9.66. The van der Waals surface area contributed by atoms with Crippen LogP contribution in [0.15, 0.2) is 31.2 Å². The molecule has 156 valence electrons. The van der Waals surface area contributed by atoms with Gasteiger partial charge in [-0.1, -0.05) is 6.58 Å². The van der Waals surface area contributed by atoms with E-state index in [1.165, 1.54) is 6.07 Å². The zero-order chi connectivity index (χ0) is 20.8. The minimum atomic E-state index is -0.816. The lowest BCUT2D eigenvalue weighted by atomic mass is 10.1. The van der Waals surface area contributed by atoms with Gasteiger partial charge >= 0.3 is 0 Å². The van der Waals surface area contributed by atoms with Crippen molar-refractivity contribution < 1.29 is 19.0 Å². The van der Waals surface area contributed by atoms with E-state index < -0.39 is 11.9 Å². The van der Waals surface area contributed by atoms with Crippen molar-refractivity contribution in [2.75, 3.05) is 24.7 Å². The van der Waals surface area contributed by atoms with E-state index in [9.17, 15) is 9.50 Å². The fourth-order valence-electron chi connectivity index (χ4n) is 3.61. The highest BCUT2D eigenvalue weighted by Gasteiger charge is 2.29. The number of aromatic nitrogens is 4. The lowest BCUT2D eigenvalue weighted by Crippen LogP contribution is -2.41. The summed E-state index contributed by atoms with van der Waals surface area (Å²) in [4.78, 5) is 10.9. The second-order valence-corrected chi connectivity index (χ2v) is 7.49. The lowest BCUT2D eigenvalue weighted by Gasteiger charge is -2.36. The molecule has 3 aromatic rings. The molecule has 2 bridgehead atoms. The summed E-state index contributed by atoms with van der Waals surface area (Å²) in [5.74, 6) is 1.03. The fraction of sp³-hybridized carbons (Fsp3) is 0.350. The van der Waals surface area contributed by atoms with Crippen molar-refractivity contribution in [1.29, 1.82) is 0 Å². The van der Waals surface area contributed by atoms with Crippen molar-refractivity contribution in [2.24, 2.45) is 0 Å². The molecule has 0 amide bonds. The van der Waals surface area contributed by atoms with Crippen molar-refractivity contribution in [2.45, 2.75) is 25.6 Å². The maximum Gasteiger partial charge on any atom is 0.218 e. The Labute approximate surface area is 171 Å². The van der Waals surface area contributed by atoms with Crippen molar-refractivity contribution in [1.82, 2.24) is 24.9 Å². The summed E-state index contributed by atoms with van der Waals surface area (Å²) in [6, 6.07) is 1.38. The molecule has 0 aromatic carbocycles. The highest BCUT2D eigenvalue weighted by molar-refractivity contribution is 5.75. The maximum atomic E-state index is 14.0. The molecule has 10 heteroatoms. The number of ether oxygens (including phenoxy) is 2. The number of aliphatic hydroxyl groups is 1. The van der Waals surface area contributed by atoms with Crippen LogP contribution in [0.4, 0.5) is 10.2 Å². The van der Waals surface area contributed by atoms with E-state index in [4.69, 9.17) is 14.5 Å². The van der Waals surface area contributed by atoms with E-state index >= 15 is 0 Å². The molecular weight excluding hydrogens is 391 g/mol. The molecule has 3 aromatic heterocycles. The van der Waals surface area contributed by atoms with Gasteiger partial charge in [-0.2, -0.15) is 5.10 Å². The number of anilines is 1.